The second-order valence-corrected chi connectivity index (χ2v) is 18.7. The predicted octanol–water partition coefficient (Wildman–Crippen LogP) is 14.5. The summed E-state index contributed by atoms with van der Waals surface area (Å²) in [5.41, 5.74) is 12.1. The first-order chi connectivity index (χ1) is 28.1. The maximum atomic E-state index is 6.86. The number of para-hydroxylation sites is 4. The summed E-state index contributed by atoms with van der Waals surface area (Å²) in [7, 11) is 0. The SMILES string of the molecule is CC(C)(C)c1ccc(-c2cc(Oc3[c-]c4c(cc3)c3ccccc3n4-c3cc(C(C)(C)C)ccn3)[c-]c(N3[CH-]N(c4ccccc4C(C)(C)C)c4ccccc43)c2)cc1.[Pt]. The molecule has 1 aliphatic rings. The van der Waals surface area contributed by atoms with Crippen molar-refractivity contribution in [3.63, 3.8) is 0 Å². The van der Waals surface area contributed by atoms with Gasteiger partial charge in [-0.2, -0.15) is 6.07 Å². The molecule has 1 aliphatic heterocycles. The van der Waals surface area contributed by atoms with Gasteiger partial charge in [-0.1, -0.05) is 141 Å². The van der Waals surface area contributed by atoms with E-state index < -0.39 is 0 Å². The third-order valence-electron chi connectivity index (χ3n) is 11.4. The van der Waals surface area contributed by atoms with E-state index in [9.17, 15) is 0 Å². The van der Waals surface area contributed by atoms with Crippen molar-refractivity contribution in [2.75, 3.05) is 9.80 Å². The second-order valence-electron chi connectivity index (χ2n) is 18.7. The molecule has 5 nitrogen and oxygen atoms in total. The Morgan fingerprint density at radius 3 is 1.88 bits per heavy atom. The van der Waals surface area contributed by atoms with Crippen LogP contribution in [0.4, 0.5) is 22.7 Å². The molecule has 0 atom stereocenters. The first kappa shape index (κ1) is 41.1. The number of benzene rings is 6. The van der Waals surface area contributed by atoms with Crippen LogP contribution in [-0.2, 0) is 37.3 Å². The largest absolute Gasteiger partial charge is 0.509 e. The maximum absolute atomic E-state index is 6.86. The Bertz CT molecular complexity index is 2850. The molecule has 0 saturated heterocycles. The van der Waals surface area contributed by atoms with Crippen LogP contribution in [0.25, 0.3) is 38.8 Å². The zero-order chi connectivity index (χ0) is 41.3. The fourth-order valence-electron chi connectivity index (χ4n) is 8.15. The molecular formula is C54H51N4OPt-3. The molecule has 0 unspecified atom stereocenters. The van der Waals surface area contributed by atoms with Crippen LogP contribution in [0.5, 0.6) is 11.5 Å². The number of aromatic nitrogens is 2. The van der Waals surface area contributed by atoms with Crippen molar-refractivity contribution < 1.29 is 25.8 Å². The molecule has 8 aromatic rings. The number of nitrogens with zero attached hydrogens (tertiary/aromatic N) is 4. The van der Waals surface area contributed by atoms with Crippen LogP contribution in [0, 0.1) is 18.8 Å². The van der Waals surface area contributed by atoms with Gasteiger partial charge in [0.05, 0.1) is 0 Å². The van der Waals surface area contributed by atoms with Gasteiger partial charge < -0.3 is 19.1 Å². The summed E-state index contributed by atoms with van der Waals surface area (Å²) in [6.45, 7) is 22.4. The predicted molar refractivity (Wildman–Crippen MR) is 246 cm³/mol. The minimum absolute atomic E-state index is 0. The third-order valence-corrected chi connectivity index (χ3v) is 11.4. The smallest absolute Gasteiger partial charge is 0.135 e. The van der Waals surface area contributed by atoms with Crippen molar-refractivity contribution in [3.05, 3.63) is 175 Å². The Kier molecular flexibility index (Phi) is 10.6. The summed E-state index contributed by atoms with van der Waals surface area (Å²) >= 11 is 0. The van der Waals surface area contributed by atoms with E-state index in [2.05, 4.69) is 223 Å². The minimum atomic E-state index is -0.0478. The molecule has 2 aromatic heterocycles. The first-order valence-electron chi connectivity index (χ1n) is 20.5. The van der Waals surface area contributed by atoms with Gasteiger partial charge in [-0.25, -0.2) is 4.98 Å². The van der Waals surface area contributed by atoms with E-state index in [1.807, 2.05) is 12.3 Å². The molecule has 0 N–H and O–H groups in total. The molecule has 0 spiro atoms. The molecule has 6 heteroatoms. The van der Waals surface area contributed by atoms with Crippen molar-refractivity contribution in [1.29, 1.82) is 0 Å². The van der Waals surface area contributed by atoms with Gasteiger partial charge in [0.15, 0.2) is 0 Å². The van der Waals surface area contributed by atoms with E-state index in [1.165, 1.54) is 16.7 Å². The average molecular weight is 967 g/mol. The molecule has 6 aromatic carbocycles. The van der Waals surface area contributed by atoms with Gasteiger partial charge in [-0.15, -0.1) is 53.6 Å². The Morgan fingerprint density at radius 1 is 0.533 bits per heavy atom. The van der Waals surface area contributed by atoms with Gasteiger partial charge in [0.2, 0.25) is 0 Å². The van der Waals surface area contributed by atoms with Crippen molar-refractivity contribution in [2.45, 2.75) is 78.6 Å². The summed E-state index contributed by atoms with van der Waals surface area (Å²) in [4.78, 5) is 9.41. The number of pyridine rings is 1. The van der Waals surface area contributed by atoms with Crippen LogP contribution in [0.3, 0.4) is 0 Å². The van der Waals surface area contributed by atoms with E-state index in [1.54, 1.807) is 0 Å². The van der Waals surface area contributed by atoms with Gasteiger partial charge in [0.1, 0.15) is 5.82 Å². The quantitative estimate of drug-likeness (QED) is 0.156. The average Bonchev–Trinajstić information content (AvgIpc) is 3.76. The summed E-state index contributed by atoms with van der Waals surface area (Å²) in [5, 5.41) is 2.23. The van der Waals surface area contributed by atoms with Crippen LogP contribution in [0.15, 0.2) is 140 Å². The topological polar surface area (TPSA) is 33.5 Å². The summed E-state index contributed by atoms with van der Waals surface area (Å²) < 4.78 is 9.06. The molecule has 0 radical (unpaired) electrons. The van der Waals surface area contributed by atoms with E-state index in [0.717, 1.165) is 61.5 Å². The molecule has 9 rings (SSSR count). The zero-order valence-corrected chi connectivity index (χ0v) is 38.1. The monoisotopic (exact) mass is 966 g/mol. The van der Waals surface area contributed by atoms with E-state index in [-0.39, 0.29) is 37.3 Å². The van der Waals surface area contributed by atoms with Crippen molar-refractivity contribution in [1.82, 2.24) is 9.55 Å². The van der Waals surface area contributed by atoms with Crippen molar-refractivity contribution >= 4 is 44.6 Å². The molecule has 0 aliphatic carbocycles. The van der Waals surface area contributed by atoms with Crippen LogP contribution < -0.4 is 14.5 Å². The molecule has 0 fully saturated rings. The Labute approximate surface area is 369 Å². The Morgan fingerprint density at radius 2 is 1.18 bits per heavy atom. The third kappa shape index (κ3) is 7.65. The zero-order valence-electron chi connectivity index (χ0n) is 35.9. The number of hydrogen-bond donors (Lipinski definition) is 0. The standard InChI is InChI=1S/C54H51N4O.Pt/c1-52(2,3)38-24-22-36(23-25-38)37-30-40(56-35-57(49-21-15-14-20-48(49)56)47-19-13-11-17-45(47)54(7,8)9)33-42(31-37)59-41-26-27-44-43-16-10-12-18-46(43)58(50(44)34-41)51-32-39(28-29-55-51)53(4,5)6;/h10-32,35H,1-9H3;/q-3;. The molecule has 306 valence electrons. The van der Waals surface area contributed by atoms with E-state index in [0.29, 0.717) is 11.5 Å². The number of anilines is 4. The normalized spacial score (nSPS) is 13.2. The van der Waals surface area contributed by atoms with E-state index in [4.69, 9.17) is 9.72 Å². The van der Waals surface area contributed by atoms with Crippen molar-refractivity contribution in [2.24, 2.45) is 0 Å². The maximum Gasteiger partial charge on any atom is 0.135 e. The fourth-order valence-corrected chi connectivity index (χ4v) is 8.15. The van der Waals surface area contributed by atoms with Crippen LogP contribution in [0.2, 0.25) is 0 Å². The molecule has 3 heterocycles. The minimum Gasteiger partial charge on any atom is -0.509 e. The number of rotatable bonds is 6. The van der Waals surface area contributed by atoms with Crippen LogP contribution in [0.1, 0.15) is 79.0 Å². The Balaban J connectivity index is 0.00000499. The Hall–Kier alpha value is -5.64. The van der Waals surface area contributed by atoms with E-state index >= 15 is 0 Å². The fraction of sp³-hybridized carbons (Fsp3) is 0.222. The van der Waals surface area contributed by atoms with Gasteiger partial charge in [0, 0.05) is 61.3 Å². The molecule has 0 bridgehead atoms. The van der Waals surface area contributed by atoms with Gasteiger partial charge in [0.25, 0.3) is 0 Å². The first-order valence-corrected chi connectivity index (χ1v) is 20.5. The number of fused-ring (bicyclic) bond motifs is 4. The summed E-state index contributed by atoms with van der Waals surface area (Å²) in [6, 6.07) is 54.7. The molecule has 0 amide bonds. The molecular weight excluding hydrogens is 916 g/mol. The van der Waals surface area contributed by atoms with Crippen LogP contribution >= 0.6 is 0 Å². The second kappa shape index (κ2) is 15.4. The van der Waals surface area contributed by atoms with Crippen LogP contribution in [-0.4, -0.2) is 9.55 Å². The number of ether oxygens (including phenoxy) is 1. The van der Waals surface area contributed by atoms with Gasteiger partial charge in [-0.05, 0) is 80.3 Å². The summed E-state index contributed by atoms with van der Waals surface area (Å²) in [5.74, 6) is 2.05. The summed E-state index contributed by atoms with van der Waals surface area (Å²) in [6.07, 6.45) is 1.91. The molecule has 0 saturated carbocycles. The number of hydrogen-bond acceptors (Lipinski definition) is 4. The molecule has 60 heavy (non-hydrogen) atoms. The van der Waals surface area contributed by atoms with Crippen molar-refractivity contribution in [3.8, 4) is 28.4 Å². The van der Waals surface area contributed by atoms with Gasteiger partial charge >= 0.3 is 0 Å². The van der Waals surface area contributed by atoms with Gasteiger partial charge in [-0.3, -0.25) is 0 Å².